The van der Waals surface area contributed by atoms with Gasteiger partial charge in [0.15, 0.2) is 0 Å². The number of morpholine rings is 1. The Bertz CT molecular complexity index is 403. The van der Waals surface area contributed by atoms with Crippen LogP contribution in [0.25, 0.3) is 0 Å². The van der Waals surface area contributed by atoms with Crippen molar-refractivity contribution < 1.29 is 19.1 Å². The fourth-order valence-electron chi connectivity index (χ4n) is 2.10. The fraction of sp³-hybridized carbons (Fsp3) is 0.769. The third-order valence-electron chi connectivity index (χ3n) is 3.00. The van der Waals surface area contributed by atoms with Crippen LogP contribution in [0, 0.1) is 0 Å². The Morgan fingerprint density at radius 3 is 2.52 bits per heavy atom. The summed E-state index contributed by atoms with van der Waals surface area (Å²) < 4.78 is 5.30. The number of amides is 3. The van der Waals surface area contributed by atoms with E-state index < -0.39 is 12.1 Å². The largest absolute Gasteiger partial charge is 0.377 e. The predicted octanol–water partition coefficient (Wildman–Crippen LogP) is -0.827. The number of nitrogens with one attached hydrogen (secondary N) is 2. The second-order valence-corrected chi connectivity index (χ2v) is 5.59. The number of hydrogen-bond acceptors (Lipinski definition) is 5. The van der Waals surface area contributed by atoms with Crippen LogP contribution in [0.3, 0.4) is 0 Å². The van der Waals surface area contributed by atoms with Crippen molar-refractivity contribution in [1.82, 2.24) is 15.5 Å². The molecule has 2 unspecified atom stereocenters. The summed E-state index contributed by atoms with van der Waals surface area (Å²) in [7, 11) is 0. The first-order chi connectivity index (χ1) is 9.86. The summed E-state index contributed by atoms with van der Waals surface area (Å²) in [6.07, 6.45) is 0. The SMILES string of the molecule is CC(=O)NC(CS)C(=O)N1CCOCC1C(=O)NC(C)C. The van der Waals surface area contributed by atoms with E-state index in [0.29, 0.717) is 13.2 Å². The molecule has 1 aliphatic rings. The molecule has 8 heteroatoms. The zero-order chi connectivity index (χ0) is 16.0. The highest BCUT2D eigenvalue weighted by molar-refractivity contribution is 7.80. The minimum atomic E-state index is -0.738. The van der Waals surface area contributed by atoms with Crippen LogP contribution in [0.2, 0.25) is 0 Å². The van der Waals surface area contributed by atoms with Crippen LogP contribution >= 0.6 is 12.6 Å². The van der Waals surface area contributed by atoms with E-state index in [9.17, 15) is 14.4 Å². The van der Waals surface area contributed by atoms with Crippen molar-refractivity contribution in [2.24, 2.45) is 0 Å². The van der Waals surface area contributed by atoms with Gasteiger partial charge in [-0.1, -0.05) is 0 Å². The summed E-state index contributed by atoms with van der Waals surface area (Å²) in [5, 5.41) is 5.32. The minimum absolute atomic E-state index is 0.0209. The highest BCUT2D eigenvalue weighted by atomic mass is 32.1. The Morgan fingerprint density at radius 2 is 2.00 bits per heavy atom. The first kappa shape index (κ1) is 17.8. The number of nitrogens with zero attached hydrogens (tertiary/aromatic N) is 1. The molecule has 120 valence electrons. The second kappa shape index (κ2) is 8.23. The van der Waals surface area contributed by atoms with Crippen LogP contribution in [-0.2, 0) is 19.1 Å². The molecule has 0 aromatic rings. The summed E-state index contributed by atoms with van der Waals surface area (Å²) >= 11 is 4.09. The maximum Gasteiger partial charge on any atom is 0.246 e. The molecular weight excluding hydrogens is 294 g/mol. The van der Waals surface area contributed by atoms with Crippen LogP contribution in [0.15, 0.2) is 0 Å². The molecule has 3 amide bonds. The molecule has 7 nitrogen and oxygen atoms in total. The average Bonchev–Trinajstić information content (AvgIpc) is 2.43. The lowest BCUT2D eigenvalue weighted by Crippen LogP contribution is -2.61. The van der Waals surface area contributed by atoms with Gasteiger partial charge in [0.2, 0.25) is 17.7 Å². The van der Waals surface area contributed by atoms with Crippen molar-refractivity contribution in [3.63, 3.8) is 0 Å². The van der Waals surface area contributed by atoms with E-state index in [-0.39, 0.29) is 36.1 Å². The molecule has 1 rings (SSSR count). The predicted molar refractivity (Wildman–Crippen MR) is 81.1 cm³/mol. The molecule has 0 radical (unpaired) electrons. The number of ether oxygens (including phenoxy) is 1. The van der Waals surface area contributed by atoms with E-state index in [4.69, 9.17) is 4.74 Å². The van der Waals surface area contributed by atoms with Gasteiger partial charge in [0.05, 0.1) is 13.2 Å². The Labute approximate surface area is 130 Å². The molecular formula is C13H23N3O4S. The molecule has 1 fully saturated rings. The third-order valence-corrected chi connectivity index (χ3v) is 3.37. The second-order valence-electron chi connectivity index (χ2n) is 5.22. The Balaban J connectivity index is 2.81. The molecule has 1 saturated heterocycles. The molecule has 0 aromatic heterocycles. The van der Waals surface area contributed by atoms with Gasteiger partial charge >= 0.3 is 0 Å². The molecule has 0 bridgehead atoms. The molecule has 2 N–H and O–H groups in total. The lowest BCUT2D eigenvalue weighted by atomic mass is 10.1. The molecule has 0 aliphatic carbocycles. The summed E-state index contributed by atoms with van der Waals surface area (Å²) in [6, 6.07) is -1.43. The van der Waals surface area contributed by atoms with Gasteiger partial charge in [-0.15, -0.1) is 0 Å². The van der Waals surface area contributed by atoms with Gasteiger partial charge in [-0.3, -0.25) is 14.4 Å². The van der Waals surface area contributed by atoms with Crippen LogP contribution in [0.1, 0.15) is 20.8 Å². The Hall–Kier alpha value is -1.28. The van der Waals surface area contributed by atoms with Gasteiger partial charge in [0, 0.05) is 25.3 Å². The maximum absolute atomic E-state index is 12.5. The average molecular weight is 317 g/mol. The van der Waals surface area contributed by atoms with Crippen LogP contribution in [0.5, 0.6) is 0 Å². The maximum atomic E-state index is 12.5. The summed E-state index contributed by atoms with van der Waals surface area (Å²) in [5.74, 6) is -0.695. The van der Waals surface area contributed by atoms with Crippen molar-refractivity contribution in [1.29, 1.82) is 0 Å². The highest BCUT2D eigenvalue weighted by Crippen LogP contribution is 2.10. The number of rotatable bonds is 5. The lowest BCUT2D eigenvalue weighted by molar-refractivity contribution is -0.150. The molecule has 2 atom stereocenters. The van der Waals surface area contributed by atoms with E-state index in [1.54, 1.807) is 0 Å². The van der Waals surface area contributed by atoms with Gasteiger partial charge in [0.1, 0.15) is 12.1 Å². The first-order valence-electron chi connectivity index (χ1n) is 6.93. The summed E-state index contributed by atoms with van der Waals surface area (Å²) in [6.45, 7) is 5.88. The van der Waals surface area contributed by atoms with Gasteiger partial charge in [-0.2, -0.15) is 12.6 Å². The van der Waals surface area contributed by atoms with Crippen LogP contribution < -0.4 is 10.6 Å². The molecule has 0 aromatic carbocycles. The van der Waals surface area contributed by atoms with Gasteiger partial charge in [-0.25, -0.2) is 0 Å². The quantitative estimate of drug-likeness (QED) is 0.578. The van der Waals surface area contributed by atoms with Crippen molar-refractivity contribution in [3.8, 4) is 0 Å². The molecule has 1 aliphatic heterocycles. The van der Waals surface area contributed by atoms with Gasteiger partial charge in [0.25, 0.3) is 0 Å². The Kier molecular flexibility index (Phi) is 6.97. The monoisotopic (exact) mass is 317 g/mol. The van der Waals surface area contributed by atoms with Crippen molar-refractivity contribution in [3.05, 3.63) is 0 Å². The van der Waals surface area contributed by atoms with E-state index >= 15 is 0 Å². The van der Waals surface area contributed by atoms with Crippen LogP contribution in [0.4, 0.5) is 0 Å². The van der Waals surface area contributed by atoms with E-state index in [2.05, 4.69) is 23.3 Å². The summed E-state index contributed by atoms with van der Waals surface area (Å²) in [5.41, 5.74) is 0. The zero-order valence-electron chi connectivity index (χ0n) is 12.6. The normalized spacial score (nSPS) is 20.0. The Morgan fingerprint density at radius 1 is 1.33 bits per heavy atom. The lowest BCUT2D eigenvalue weighted by Gasteiger charge is -2.36. The fourth-order valence-corrected chi connectivity index (χ4v) is 2.34. The van der Waals surface area contributed by atoms with Gasteiger partial charge < -0.3 is 20.3 Å². The third kappa shape index (κ3) is 5.20. The smallest absolute Gasteiger partial charge is 0.246 e. The van der Waals surface area contributed by atoms with Crippen LogP contribution in [-0.4, -0.2) is 66.3 Å². The van der Waals surface area contributed by atoms with E-state index in [1.165, 1.54) is 11.8 Å². The van der Waals surface area contributed by atoms with Crippen molar-refractivity contribution in [2.75, 3.05) is 25.5 Å². The standard InChI is InChI=1S/C13H23N3O4S/c1-8(2)14-12(18)11-6-20-5-4-16(11)13(19)10(7-21)15-9(3)17/h8,10-11,21H,4-7H2,1-3H3,(H,14,18)(H,15,17). The molecule has 0 spiro atoms. The number of hydrogen-bond donors (Lipinski definition) is 3. The summed E-state index contributed by atoms with van der Waals surface area (Å²) in [4.78, 5) is 37.3. The zero-order valence-corrected chi connectivity index (χ0v) is 13.5. The number of carbonyl (C=O) groups is 3. The van der Waals surface area contributed by atoms with Crippen molar-refractivity contribution in [2.45, 2.75) is 38.9 Å². The molecule has 0 saturated carbocycles. The topological polar surface area (TPSA) is 87.7 Å². The van der Waals surface area contributed by atoms with Gasteiger partial charge in [-0.05, 0) is 13.8 Å². The number of thiol groups is 1. The van der Waals surface area contributed by atoms with E-state index in [0.717, 1.165) is 0 Å². The first-order valence-corrected chi connectivity index (χ1v) is 7.56. The number of carbonyl (C=O) groups excluding carboxylic acids is 3. The molecule has 21 heavy (non-hydrogen) atoms. The van der Waals surface area contributed by atoms with E-state index in [1.807, 2.05) is 13.8 Å². The van der Waals surface area contributed by atoms with Crippen molar-refractivity contribution >= 4 is 30.4 Å². The molecule has 1 heterocycles. The minimum Gasteiger partial charge on any atom is -0.377 e. The highest BCUT2D eigenvalue weighted by Gasteiger charge is 2.36.